The maximum atomic E-state index is 2.54. The molecule has 0 atom stereocenters. The van der Waals surface area contributed by atoms with Gasteiger partial charge in [0, 0.05) is 38.3 Å². The predicted molar refractivity (Wildman–Crippen MR) is 201 cm³/mol. The van der Waals surface area contributed by atoms with E-state index in [2.05, 4.69) is 180 Å². The molecular weight excluding hydrogens is 583 g/mol. The molecule has 48 heavy (non-hydrogen) atoms. The molecule has 226 valence electrons. The summed E-state index contributed by atoms with van der Waals surface area (Å²) in [6.07, 6.45) is 0. The molecule has 0 radical (unpaired) electrons. The molecule has 0 saturated carbocycles. The Bertz CT molecular complexity index is 2810. The van der Waals surface area contributed by atoms with Crippen LogP contribution in [0.4, 0.5) is 17.1 Å². The van der Waals surface area contributed by atoms with Crippen molar-refractivity contribution in [2.24, 2.45) is 0 Å². The van der Waals surface area contributed by atoms with E-state index in [0.717, 1.165) is 0 Å². The number of aromatic nitrogens is 2. The molecule has 2 aliphatic rings. The third-order valence-corrected chi connectivity index (χ3v) is 11.0. The minimum Gasteiger partial charge on any atom is -0.307 e. The summed E-state index contributed by atoms with van der Waals surface area (Å²) in [5.41, 5.74) is 16.3. The van der Waals surface area contributed by atoms with E-state index < -0.39 is 0 Å². The fraction of sp³-hybridized carbons (Fsp3) is 0.0667. The Kier molecular flexibility index (Phi) is 4.91. The summed E-state index contributed by atoms with van der Waals surface area (Å²) in [5.74, 6) is 0. The lowest BCUT2D eigenvalue weighted by molar-refractivity contribution is 0.660. The minimum absolute atomic E-state index is 0.0748. The van der Waals surface area contributed by atoms with Gasteiger partial charge in [0.15, 0.2) is 0 Å². The van der Waals surface area contributed by atoms with Crippen LogP contribution in [-0.2, 0) is 5.41 Å². The Labute approximate surface area is 278 Å². The summed E-state index contributed by atoms with van der Waals surface area (Å²) in [6, 6.07) is 56.0. The maximum absolute atomic E-state index is 2.54. The molecule has 0 unspecified atom stereocenters. The van der Waals surface area contributed by atoms with Gasteiger partial charge in [-0.05, 0) is 70.8 Å². The summed E-state index contributed by atoms with van der Waals surface area (Å²) < 4.78 is 5.00. The number of fused-ring (bicyclic) bond motifs is 12. The number of benzene rings is 7. The van der Waals surface area contributed by atoms with Crippen molar-refractivity contribution in [2.75, 3.05) is 4.90 Å². The quantitative estimate of drug-likeness (QED) is 0.189. The van der Waals surface area contributed by atoms with E-state index in [1.54, 1.807) is 0 Å². The van der Waals surface area contributed by atoms with Crippen molar-refractivity contribution < 1.29 is 0 Å². The van der Waals surface area contributed by atoms with E-state index in [4.69, 9.17) is 0 Å². The van der Waals surface area contributed by atoms with Crippen molar-refractivity contribution in [3.63, 3.8) is 0 Å². The van der Waals surface area contributed by atoms with Crippen molar-refractivity contribution in [1.29, 1.82) is 0 Å². The molecule has 11 rings (SSSR count). The van der Waals surface area contributed by atoms with Crippen LogP contribution in [0.1, 0.15) is 25.0 Å². The molecule has 2 aromatic heterocycles. The normalized spacial score (nSPS) is 14.2. The molecule has 1 aliphatic heterocycles. The first-order chi connectivity index (χ1) is 23.6. The number of rotatable bonds is 2. The van der Waals surface area contributed by atoms with Crippen LogP contribution in [0.25, 0.3) is 66.1 Å². The molecule has 9 aromatic rings. The molecule has 7 aromatic carbocycles. The predicted octanol–water partition coefficient (Wildman–Crippen LogP) is 12.0. The Morgan fingerprint density at radius 3 is 1.90 bits per heavy atom. The molecule has 1 aliphatic carbocycles. The highest BCUT2D eigenvalue weighted by molar-refractivity contribution is 6.26. The zero-order chi connectivity index (χ0) is 31.7. The van der Waals surface area contributed by atoms with Crippen LogP contribution in [0.15, 0.2) is 152 Å². The van der Waals surface area contributed by atoms with Crippen molar-refractivity contribution in [3.8, 4) is 22.5 Å². The van der Waals surface area contributed by atoms with Crippen LogP contribution in [0.2, 0.25) is 0 Å². The molecule has 0 spiro atoms. The van der Waals surface area contributed by atoms with Crippen molar-refractivity contribution >= 4 is 60.7 Å². The topological polar surface area (TPSA) is 13.1 Å². The smallest absolute Gasteiger partial charge is 0.0790 e. The lowest BCUT2D eigenvalue weighted by atomic mass is 9.82. The summed E-state index contributed by atoms with van der Waals surface area (Å²) in [7, 11) is 0. The molecule has 0 saturated heterocycles. The lowest BCUT2D eigenvalue weighted by Crippen LogP contribution is -2.19. The number of nitrogens with zero attached hydrogens (tertiary/aromatic N) is 3. The highest BCUT2D eigenvalue weighted by atomic mass is 15.2. The highest BCUT2D eigenvalue weighted by Gasteiger charge is 2.37. The second-order valence-corrected chi connectivity index (χ2v) is 13.8. The van der Waals surface area contributed by atoms with Gasteiger partial charge in [0.2, 0.25) is 0 Å². The Balaban J connectivity index is 1.26. The number of anilines is 3. The molecule has 3 heterocycles. The van der Waals surface area contributed by atoms with Crippen LogP contribution in [0.3, 0.4) is 0 Å². The lowest BCUT2D eigenvalue weighted by Gasteiger charge is -2.34. The fourth-order valence-corrected chi connectivity index (χ4v) is 8.93. The fourth-order valence-electron chi connectivity index (χ4n) is 8.93. The van der Waals surface area contributed by atoms with Crippen molar-refractivity contribution in [2.45, 2.75) is 19.3 Å². The summed E-state index contributed by atoms with van der Waals surface area (Å²) >= 11 is 0. The molecule has 3 nitrogen and oxygen atoms in total. The van der Waals surface area contributed by atoms with Crippen LogP contribution in [0, 0.1) is 0 Å². The van der Waals surface area contributed by atoms with Gasteiger partial charge in [-0.25, -0.2) is 0 Å². The third-order valence-electron chi connectivity index (χ3n) is 11.0. The van der Waals surface area contributed by atoms with Crippen molar-refractivity contribution in [3.05, 3.63) is 163 Å². The first-order valence-corrected chi connectivity index (χ1v) is 16.8. The summed E-state index contributed by atoms with van der Waals surface area (Å²) in [5, 5.41) is 5.07. The van der Waals surface area contributed by atoms with Crippen LogP contribution in [-0.4, -0.2) is 9.13 Å². The van der Waals surface area contributed by atoms with E-state index in [0.29, 0.717) is 0 Å². The Morgan fingerprint density at radius 1 is 0.396 bits per heavy atom. The van der Waals surface area contributed by atoms with Gasteiger partial charge >= 0.3 is 0 Å². The van der Waals surface area contributed by atoms with Crippen LogP contribution >= 0.6 is 0 Å². The standard InChI is InChI=1S/C45H31N3/c1-45(2)36-18-8-6-15-30(36)31-24-23-29(27-37(31)45)46-39-20-10-11-21-40(39)48-42-33(17-12-22-41(42)46)35-26-25-34-32-16-7-9-19-38(32)47(43(34)44(35)48)28-13-4-3-5-14-28/h3-27H,1-2H3. The highest BCUT2D eigenvalue weighted by Crippen LogP contribution is 2.54. The molecule has 0 fully saturated rings. The van der Waals surface area contributed by atoms with E-state index in [-0.39, 0.29) is 5.41 Å². The first-order valence-electron chi connectivity index (χ1n) is 16.8. The Hall–Kier alpha value is -6.06. The zero-order valence-corrected chi connectivity index (χ0v) is 26.8. The van der Waals surface area contributed by atoms with Crippen molar-refractivity contribution in [1.82, 2.24) is 9.13 Å². The number of para-hydroxylation sites is 5. The summed E-state index contributed by atoms with van der Waals surface area (Å²) in [4.78, 5) is 2.49. The average Bonchev–Trinajstić information content (AvgIpc) is 3.73. The third kappa shape index (κ3) is 3.14. The van der Waals surface area contributed by atoms with Gasteiger partial charge in [0.05, 0.1) is 39.1 Å². The largest absolute Gasteiger partial charge is 0.307 e. The van der Waals surface area contributed by atoms with Gasteiger partial charge < -0.3 is 14.0 Å². The first kappa shape index (κ1) is 26.1. The summed E-state index contributed by atoms with van der Waals surface area (Å²) in [6.45, 7) is 4.72. The average molecular weight is 614 g/mol. The second kappa shape index (κ2) is 9.05. The van der Waals surface area contributed by atoms with Gasteiger partial charge in [-0.2, -0.15) is 0 Å². The second-order valence-electron chi connectivity index (χ2n) is 13.8. The molecule has 0 bridgehead atoms. The Morgan fingerprint density at radius 2 is 1.02 bits per heavy atom. The van der Waals surface area contributed by atoms with Crippen LogP contribution < -0.4 is 4.90 Å². The monoisotopic (exact) mass is 613 g/mol. The van der Waals surface area contributed by atoms with Gasteiger partial charge in [-0.15, -0.1) is 0 Å². The van der Waals surface area contributed by atoms with E-state index in [1.807, 2.05) is 0 Å². The molecule has 0 amide bonds. The van der Waals surface area contributed by atoms with Gasteiger partial charge in [0.1, 0.15) is 0 Å². The van der Waals surface area contributed by atoms with E-state index >= 15 is 0 Å². The molecule has 3 heteroatoms. The van der Waals surface area contributed by atoms with E-state index in [9.17, 15) is 0 Å². The molecule has 0 N–H and O–H groups in total. The number of hydrogen-bond acceptors (Lipinski definition) is 1. The van der Waals surface area contributed by atoms with Gasteiger partial charge in [-0.3, -0.25) is 0 Å². The van der Waals surface area contributed by atoms with E-state index in [1.165, 1.54) is 94.3 Å². The maximum Gasteiger partial charge on any atom is 0.0790 e. The zero-order valence-electron chi connectivity index (χ0n) is 26.8. The minimum atomic E-state index is -0.0748. The van der Waals surface area contributed by atoms with Crippen LogP contribution in [0.5, 0.6) is 0 Å². The molecular formula is C45H31N3. The SMILES string of the molecule is CC1(C)c2ccccc2-c2ccc(N3c4ccccc4-n4c5c3cccc5c3ccc5c6ccccc6n(-c6ccccc6)c5c34)cc21. The van der Waals surface area contributed by atoms with Gasteiger partial charge in [-0.1, -0.05) is 117 Å². The van der Waals surface area contributed by atoms with Gasteiger partial charge in [0.25, 0.3) is 0 Å². The number of hydrogen-bond donors (Lipinski definition) is 0.